The molecule has 0 bridgehead atoms. The first-order chi connectivity index (χ1) is 12.5. The van der Waals surface area contributed by atoms with Crippen LogP contribution < -0.4 is 4.74 Å². The van der Waals surface area contributed by atoms with Gasteiger partial charge in [0, 0.05) is 6.26 Å². The average molecular weight is 363 g/mol. The van der Waals surface area contributed by atoms with Gasteiger partial charge in [-0.25, -0.2) is 8.42 Å². The number of rotatable bonds is 5. The van der Waals surface area contributed by atoms with Crippen LogP contribution in [-0.4, -0.2) is 14.7 Å². The van der Waals surface area contributed by atoms with E-state index in [-0.39, 0.29) is 4.90 Å². The molecule has 5 heteroatoms. The van der Waals surface area contributed by atoms with Crippen LogP contribution in [-0.2, 0) is 16.4 Å². The molecule has 0 saturated carbocycles. The first kappa shape index (κ1) is 17.7. The maximum absolute atomic E-state index is 11.7. The van der Waals surface area contributed by atoms with Crippen LogP contribution in [0.25, 0.3) is 11.1 Å². The van der Waals surface area contributed by atoms with Crippen LogP contribution in [0.5, 0.6) is 5.75 Å². The summed E-state index contributed by atoms with van der Waals surface area (Å²) >= 11 is 0. The number of hydrogen-bond acceptors (Lipinski definition) is 4. The molecule has 3 aromatic carbocycles. The number of nitriles is 1. The number of ether oxygens (including phenoxy) is 1. The third kappa shape index (κ3) is 4.11. The minimum Gasteiger partial charge on any atom is -0.488 e. The minimum absolute atomic E-state index is 0.248. The van der Waals surface area contributed by atoms with Crippen LogP contribution in [0.4, 0.5) is 0 Å². The molecule has 0 fully saturated rings. The maximum atomic E-state index is 11.7. The lowest BCUT2D eigenvalue weighted by Crippen LogP contribution is -1.98. The third-order valence-corrected chi connectivity index (χ3v) is 5.04. The first-order valence-corrected chi connectivity index (χ1v) is 9.88. The van der Waals surface area contributed by atoms with Crippen molar-refractivity contribution in [3.8, 4) is 22.9 Å². The summed E-state index contributed by atoms with van der Waals surface area (Å²) in [4.78, 5) is 0.248. The van der Waals surface area contributed by atoms with Gasteiger partial charge in [-0.15, -0.1) is 0 Å². The van der Waals surface area contributed by atoms with E-state index >= 15 is 0 Å². The SMILES string of the molecule is CS(=O)(=O)c1cccc(-c2ccc(OCc3ccccc3)c(C#N)c2)c1. The molecule has 0 unspecified atom stereocenters. The average Bonchev–Trinajstić information content (AvgIpc) is 2.66. The maximum Gasteiger partial charge on any atom is 0.175 e. The van der Waals surface area contributed by atoms with E-state index in [1.54, 1.807) is 30.3 Å². The van der Waals surface area contributed by atoms with E-state index in [0.717, 1.165) is 16.7 Å². The zero-order valence-electron chi connectivity index (χ0n) is 14.2. The van der Waals surface area contributed by atoms with Gasteiger partial charge in [0.05, 0.1) is 10.5 Å². The predicted molar refractivity (Wildman–Crippen MR) is 100 cm³/mol. The molecule has 0 spiro atoms. The Bertz CT molecular complexity index is 1070. The Kier molecular flexibility index (Phi) is 5.06. The number of hydrogen-bond donors (Lipinski definition) is 0. The van der Waals surface area contributed by atoms with Crippen molar-refractivity contribution in [3.63, 3.8) is 0 Å². The summed E-state index contributed by atoms with van der Waals surface area (Å²) < 4.78 is 29.2. The highest BCUT2D eigenvalue weighted by molar-refractivity contribution is 7.90. The summed E-state index contributed by atoms with van der Waals surface area (Å²) in [5.41, 5.74) is 2.92. The summed E-state index contributed by atoms with van der Waals surface area (Å²) in [6.07, 6.45) is 1.17. The van der Waals surface area contributed by atoms with Crippen molar-refractivity contribution < 1.29 is 13.2 Å². The number of sulfone groups is 1. The fourth-order valence-corrected chi connectivity index (χ4v) is 3.23. The van der Waals surface area contributed by atoms with Crippen LogP contribution in [0.1, 0.15) is 11.1 Å². The predicted octanol–water partition coefficient (Wildman–Crippen LogP) is 4.21. The highest BCUT2D eigenvalue weighted by atomic mass is 32.2. The van der Waals surface area contributed by atoms with Crippen LogP contribution in [0.2, 0.25) is 0 Å². The van der Waals surface area contributed by atoms with E-state index in [1.165, 1.54) is 6.26 Å². The number of nitrogens with zero attached hydrogens (tertiary/aromatic N) is 1. The number of benzene rings is 3. The largest absolute Gasteiger partial charge is 0.488 e. The first-order valence-electron chi connectivity index (χ1n) is 7.99. The molecule has 0 aliphatic rings. The van der Waals surface area contributed by atoms with Crippen molar-refractivity contribution in [2.45, 2.75) is 11.5 Å². The Hall–Kier alpha value is -3.10. The molecule has 0 atom stereocenters. The molecule has 0 saturated heterocycles. The zero-order chi connectivity index (χ0) is 18.6. The summed E-state index contributed by atoms with van der Waals surface area (Å²) in [5, 5.41) is 9.44. The van der Waals surface area contributed by atoms with Crippen LogP contribution in [0, 0.1) is 11.3 Å². The topological polar surface area (TPSA) is 67.2 Å². The van der Waals surface area contributed by atoms with Gasteiger partial charge in [-0.3, -0.25) is 0 Å². The Labute approximate surface area is 153 Å². The van der Waals surface area contributed by atoms with E-state index < -0.39 is 9.84 Å². The molecule has 3 rings (SSSR count). The minimum atomic E-state index is -3.29. The van der Waals surface area contributed by atoms with Crippen molar-refractivity contribution in [2.24, 2.45) is 0 Å². The van der Waals surface area contributed by atoms with Gasteiger partial charge in [-0.2, -0.15) is 5.26 Å². The standard InChI is InChI=1S/C21H17NO3S/c1-26(23,24)20-9-5-8-17(13-20)18-10-11-21(19(12-18)14-22)25-15-16-6-3-2-4-7-16/h2-13H,15H2,1H3. The molecule has 26 heavy (non-hydrogen) atoms. The van der Waals surface area contributed by atoms with Crippen LogP contribution in [0.15, 0.2) is 77.7 Å². The van der Waals surface area contributed by atoms with Crippen molar-refractivity contribution in [2.75, 3.05) is 6.26 Å². The quantitative estimate of drug-likeness (QED) is 0.681. The van der Waals surface area contributed by atoms with Crippen LogP contribution >= 0.6 is 0 Å². The molecule has 0 radical (unpaired) electrons. The molecular formula is C21H17NO3S. The van der Waals surface area contributed by atoms with E-state index in [1.807, 2.05) is 42.5 Å². The highest BCUT2D eigenvalue weighted by Crippen LogP contribution is 2.28. The van der Waals surface area contributed by atoms with Crippen LogP contribution in [0.3, 0.4) is 0 Å². The molecule has 0 aromatic heterocycles. The Morgan fingerprint density at radius 1 is 0.923 bits per heavy atom. The van der Waals surface area contributed by atoms with Gasteiger partial charge in [0.1, 0.15) is 18.4 Å². The zero-order valence-corrected chi connectivity index (χ0v) is 15.0. The smallest absolute Gasteiger partial charge is 0.175 e. The highest BCUT2D eigenvalue weighted by Gasteiger charge is 2.10. The van der Waals surface area contributed by atoms with Gasteiger partial charge >= 0.3 is 0 Å². The summed E-state index contributed by atoms with van der Waals surface area (Å²) in [6.45, 7) is 0.373. The lowest BCUT2D eigenvalue weighted by atomic mass is 10.0. The Morgan fingerprint density at radius 3 is 2.35 bits per heavy atom. The van der Waals surface area contributed by atoms with Crippen molar-refractivity contribution in [1.29, 1.82) is 5.26 Å². The van der Waals surface area contributed by atoms with Gasteiger partial charge < -0.3 is 4.74 Å². The van der Waals surface area contributed by atoms with Gasteiger partial charge in [-0.1, -0.05) is 48.5 Å². The molecule has 130 valence electrons. The Morgan fingerprint density at radius 2 is 1.65 bits per heavy atom. The monoisotopic (exact) mass is 363 g/mol. The second-order valence-electron chi connectivity index (χ2n) is 5.90. The van der Waals surface area contributed by atoms with Gasteiger partial charge in [0.15, 0.2) is 9.84 Å². The second kappa shape index (κ2) is 7.42. The molecule has 3 aromatic rings. The normalized spacial score (nSPS) is 10.9. The van der Waals surface area contributed by atoms with E-state index in [4.69, 9.17) is 4.74 Å². The Balaban J connectivity index is 1.89. The van der Waals surface area contributed by atoms with Crippen molar-refractivity contribution in [1.82, 2.24) is 0 Å². The lowest BCUT2D eigenvalue weighted by molar-refractivity contribution is 0.305. The summed E-state index contributed by atoms with van der Waals surface area (Å²) in [5.74, 6) is 0.499. The second-order valence-corrected chi connectivity index (χ2v) is 7.91. The van der Waals surface area contributed by atoms with Gasteiger partial charge in [0.2, 0.25) is 0 Å². The molecule has 0 N–H and O–H groups in total. The van der Waals surface area contributed by atoms with E-state index in [0.29, 0.717) is 17.9 Å². The molecular weight excluding hydrogens is 346 g/mol. The fraction of sp³-hybridized carbons (Fsp3) is 0.0952. The van der Waals surface area contributed by atoms with E-state index in [2.05, 4.69) is 6.07 Å². The van der Waals surface area contributed by atoms with Gasteiger partial charge in [0.25, 0.3) is 0 Å². The van der Waals surface area contributed by atoms with E-state index in [9.17, 15) is 13.7 Å². The fourth-order valence-electron chi connectivity index (χ4n) is 2.56. The third-order valence-electron chi connectivity index (χ3n) is 3.93. The van der Waals surface area contributed by atoms with Gasteiger partial charge in [-0.05, 0) is 41.0 Å². The molecule has 0 aliphatic heterocycles. The van der Waals surface area contributed by atoms with Crippen molar-refractivity contribution in [3.05, 3.63) is 83.9 Å². The molecule has 0 aliphatic carbocycles. The lowest BCUT2D eigenvalue weighted by Gasteiger charge is -2.10. The summed E-state index contributed by atoms with van der Waals surface area (Å²) in [6, 6.07) is 23.8. The van der Waals surface area contributed by atoms with Crippen molar-refractivity contribution >= 4 is 9.84 Å². The molecule has 4 nitrogen and oxygen atoms in total. The molecule has 0 heterocycles. The summed E-state index contributed by atoms with van der Waals surface area (Å²) in [7, 11) is -3.29. The molecule has 0 amide bonds.